The van der Waals surface area contributed by atoms with E-state index in [1.54, 1.807) is 11.3 Å². The summed E-state index contributed by atoms with van der Waals surface area (Å²) in [5, 5.41) is 7.14. The Morgan fingerprint density at radius 3 is 1.80 bits per heavy atom. The van der Waals surface area contributed by atoms with Gasteiger partial charge in [-0.1, -0.05) is 139 Å². The molecule has 0 N–H and O–H groups in total. The van der Waals surface area contributed by atoms with Crippen LogP contribution >= 0.6 is 11.3 Å². The minimum Gasteiger partial charge on any atom is -0.309 e. The van der Waals surface area contributed by atoms with Crippen LogP contribution in [0.25, 0.3) is 76.0 Å². The number of rotatable bonds is 4. The summed E-state index contributed by atoms with van der Waals surface area (Å²) in [5.74, 6) is 0.195. The molecule has 4 heteroatoms. The molecule has 10 aromatic rings. The molecule has 1 unspecified atom stereocenters. The number of fused-ring (bicyclic) bond motifs is 9. The fraction of sp³-hybridized carbons (Fsp3) is 0.0217. The molecule has 1 atom stereocenters. The van der Waals surface area contributed by atoms with Gasteiger partial charge in [0.2, 0.25) is 0 Å². The molecule has 7 aromatic carbocycles. The molecule has 0 saturated carbocycles. The molecule has 0 fully saturated rings. The lowest BCUT2D eigenvalue weighted by atomic mass is 9.89. The van der Waals surface area contributed by atoms with Crippen LogP contribution in [0.15, 0.2) is 170 Å². The predicted molar refractivity (Wildman–Crippen MR) is 209 cm³/mol. The summed E-state index contributed by atoms with van der Waals surface area (Å²) in [4.78, 5) is 5.02. The summed E-state index contributed by atoms with van der Waals surface area (Å²) >= 11 is 1.74. The topological polar surface area (TPSA) is 22.8 Å². The first-order valence-corrected chi connectivity index (χ1v) is 17.9. The van der Waals surface area contributed by atoms with E-state index >= 15 is 0 Å². The van der Waals surface area contributed by atoms with E-state index in [4.69, 9.17) is 4.98 Å². The van der Waals surface area contributed by atoms with Crippen molar-refractivity contribution in [3.05, 3.63) is 187 Å². The van der Waals surface area contributed by atoms with Crippen LogP contribution in [0.1, 0.15) is 22.6 Å². The van der Waals surface area contributed by atoms with Gasteiger partial charge in [0.15, 0.2) is 0 Å². The van der Waals surface area contributed by atoms with Gasteiger partial charge in [-0.3, -0.25) is 4.57 Å². The summed E-state index contributed by atoms with van der Waals surface area (Å²) in [6.45, 7) is 0. The van der Waals surface area contributed by atoms with Gasteiger partial charge in [0, 0.05) is 38.7 Å². The molecular weight excluding hydrogens is 627 g/mol. The van der Waals surface area contributed by atoms with Crippen molar-refractivity contribution in [1.29, 1.82) is 0 Å². The molecule has 3 aromatic heterocycles. The third-order valence-electron chi connectivity index (χ3n) is 10.5. The molecule has 0 spiro atoms. The van der Waals surface area contributed by atoms with Crippen LogP contribution in [0.3, 0.4) is 0 Å². The molecule has 50 heavy (non-hydrogen) atoms. The summed E-state index contributed by atoms with van der Waals surface area (Å²) in [6, 6.07) is 59.8. The lowest BCUT2D eigenvalue weighted by Crippen LogP contribution is -2.01. The second-order valence-corrected chi connectivity index (χ2v) is 14.2. The summed E-state index contributed by atoms with van der Waals surface area (Å²) in [7, 11) is 0. The minimum absolute atomic E-state index is 0.195. The third kappa shape index (κ3) is 3.94. The van der Waals surface area contributed by atoms with Crippen molar-refractivity contribution in [3.63, 3.8) is 0 Å². The summed E-state index contributed by atoms with van der Waals surface area (Å²) in [5.41, 5.74) is 13.8. The predicted octanol–water partition coefficient (Wildman–Crippen LogP) is 12.2. The van der Waals surface area contributed by atoms with Crippen molar-refractivity contribution < 1.29 is 0 Å². The molecule has 11 rings (SSSR count). The SMILES string of the molecule is c1ccc(C2c3ccccc3-c3ccc(-n4c5ccccc5c5ccc(-c6ncc(-n7c8ccccc8c8ccccc87)s6)cc54)cc32)cc1. The molecule has 0 aliphatic heterocycles. The van der Waals surface area contributed by atoms with Crippen molar-refractivity contribution in [2.45, 2.75) is 5.92 Å². The van der Waals surface area contributed by atoms with Gasteiger partial charge in [-0.05, 0) is 64.2 Å². The van der Waals surface area contributed by atoms with Crippen LogP contribution < -0.4 is 0 Å². The Bertz CT molecular complexity index is 2890. The zero-order chi connectivity index (χ0) is 32.8. The van der Waals surface area contributed by atoms with E-state index in [0.717, 1.165) is 15.6 Å². The highest BCUT2D eigenvalue weighted by Crippen LogP contribution is 2.49. The van der Waals surface area contributed by atoms with E-state index in [0.29, 0.717) is 0 Å². The number of thiazole rings is 1. The zero-order valence-corrected chi connectivity index (χ0v) is 27.8. The summed E-state index contributed by atoms with van der Waals surface area (Å²) < 4.78 is 4.80. The van der Waals surface area contributed by atoms with E-state index in [-0.39, 0.29) is 5.92 Å². The second-order valence-electron chi connectivity index (χ2n) is 13.2. The second kappa shape index (κ2) is 10.6. The Hall–Kier alpha value is -6.23. The highest BCUT2D eigenvalue weighted by atomic mass is 32.1. The van der Waals surface area contributed by atoms with Gasteiger partial charge < -0.3 is 4.57 Å². The van der Waals surface area contributed by atoms with Gasteiger partial charge in [0.05, 0.1) is 28.3 Å². The van der Waals surface area contributed by atoms with Crippen molar-refractivity contribution in [2.75, 3.05) is 0 Å². The first-order chi connectivity index (χ1) is 24.8. The largest absolute Gasteiger partial charge is 0.309 e. The highest BCUT2D eigenvalue weighted by molar-refractivity contribution is 7.17. The Morgan fingerprint density at radius 1 is 0.460 bits per heavy atom. The number of benzene rings is 7. The number of hydrogen-bond acceptors (Lipinski definition) is 2. The van der Waals surface area contributed by atoms with E-state index in [2.05, 4.69) is 173 Å². The Kier molecular flexibility index (Phi) is 5.89. The monoisotopic (exact) mass is 655 g/mol. The van der Waals surface area contributed by atoms with Gasteiger partial charge in [-0.15, -0.1) is 0 Å². The zero-order valence-electron chi connectivity index (χ0n) is 27.0. The van der Waals surface area contributed by atoms with Gasteiger partial charge in [-0.2, -0.15) is 0 Å². The van der Waals surface area contributed by atoms with Crippen LogP contribution in [0.2, 0.25) is 0 Å². The minimum atomic E-state index is 0.195. The first-order valence-electron chi connectivity index (χ1n) is 17.1. The Morgan fingerprint density at radius 2 is 1.06 bits per heavy atom. The van der Waals surface area contributed by atoms with E-state index in [1.165, 1.54) is 77.1 Å². The fourth-order valence-corrected chi connectivity index (χ4v) is 9.33. The lowest BCUT2D eigenvalue weighted by Gasteiger charge is -2.16. The van der Waals surface area contributed by atoms with E-state index in [1.807, 2.05) is 6.20 Å². The lowest BCUT2D eigenvalue weighted by molar-refractivity contribution is 1.01. The maximum Gasteiger partial charge on any atom is 0.125 e. The molecule has 0 radical (unpaired) electrons. The van der Waals surface area contributed by atoms with Crippen LogP contribution in [0, 0.1) is 0 Å². The number of nitrogens with zero attached hydrogens (tertiary/aromatic N) is 3. The maximum absolute atomic E-state index is 5.02. The molecule has 234 valence electrons. The van der Waals surface area contributed by atoms with Gasteiger partial charge in [-0.25, -0.2) is 4.98 Å². The standard InChI is InChI=1S/C46H29N3S/c1-2-12-29(13-3-1)45-38-18-5-4-14-32(38)33-25-23-31(27-39(33)45)48-40-19-9-6-17-36(40)37-24-22-30(26-43(37)48)46-47-28-44(50-46)49-41-20-10-7-15-34(41)35-16-8-11-21-42(35)49/h1-28,45H. The number of hydrogen-bond donors (Lipinski definition) is 0. The molecular formula is C46H29N3S. The van der Waals surface area contributed by atoms with Crippen molar-refractivity contribution in [3.8, 4) is 32.4 Å². The molecule has 0 saturated heterocycles. The third-order valence-corrected chi connectivity index (χ3v) is 11.5. The van der Waals surface area contributed by atoms with Crippen molar-refractivity contribution in [1.82, 2.24) is 14.1 Å². The maximum atomic E-state index is 5.02. The van der Waals surface area contributed by atoms with Crippen molar-refractivity contribution >= 4 is 54.9 Å². The average Bonchev–Trinajstić information content (AvgIpc) is 3.94. The molecule has 1 aliphatic carbocycles. The van der Waals surface area contributed by atoms with Gasteiger partial charge in [0.1, 0.15) is 10.0 Å². The van der Waals surface area contributed by atoms with Gasteiger partial charge in [0.25, 0.3) is 0 Å². The molecule has 1 aliphatic rings. The molecule has 0 amide bonds. The fourth-order valence-electron chi connectivity index (χ4n) is 8.38. The number of aromatic nitrogens is 3. The van der Waals surface area contributed by atoms with E-state index < -0.39 is 0 Å². The van der Waals surface area contributed by atoms with Gasteiger partial charge >= 0.3 is 0 Å². The first kappa shape index (κ1) is 27.7. The smallest absolute Gasteiger partial charge is 0.125 e. The van der Waals surface area contributed by atoms with Crippen LogP contribution in [0.4, 0.5) is 0 Å². The highest BCUT2D eigenvalue weighted by Gasteiger charge is 2.30. The van der Waals surface area contributed by atoms with Crippen LogP contribution in [0.5, 0.6) is 0 Å². The molecule has 3 nitrogen and oxygen atoms in total. The van der Waals surface area contributed by atoms with Crippen LogP contribution in [-0.4, -0.2) is 14.1 Å². The summed E-state index contributed by atoms with van der Waals surface area (Å²) in [6.07, 6.45) is 2.03. The normalized spacial score (nSPS) is 13.8. The average molecular weight is 656 g/mol. The van der Waals surface area contributed by atoms with E-state index in [9.17, 15) is 0 Å². The quantitative estimate of drug-likeness (QED) is 0.185. The molecule has 3 heterocycles. The Balaban J connectivity index is 1.09. The molecule has 0 bridgehead atoms. The van der Waals surface area contributed by atoms with Crippen LogP contribution in [-0.2, 0) is 0 Å². The van der Waals surface area contributed by atoms with Crippen molar-refractivity contribution in [2.24, 2.45) is 0 Å². The number of para-hydroxylation sites is 3. The Labute approximate surface area is 293 Å².